The van der Waals surface area contributed by atoms with Crippen LogP contribution in [0.5, 0.6) is 0 Å². The lowest BCUT2D eigenvalue weighted by Crippen LogP contribution is -2.05. The Balaban J connectivity index is 1.75. The molecule has 0 radical (unpaired) electrons. The maximum atomic E-state index is 10.9. The van der Waals surface area contributed by atoms with Gasteiger partial charge in [-0.05, 0) is 54.0 Å². The van der Waals surface area contributed by atoms with E-state index >= 15 is 0 Å². The van der Waals surface area contributed by atoms with Crippen LogP contribution in [0.3, 0.4) is 0 Å². The predicted molar refractivity (Wildman–Crippen MR) is 115 cm³/mol. The number of anilines is 1. The first-order valence-corrected chi connectivity index (χ1v) is 8.92. The van der Waals surface area contributed by atoms with Crippen LogP contribution in [0, 0.1) is 6.92 Å². The van der Waals surface area contributed by atoms with Crippen molar-refractivity contribution >= 4 is 34.9 Å². The number of aromatic carboxylic acids is 1. The zero-order valence-electron chi connectivity index (χ0n) is 14.8. The van der Waals surface area contributed by atoms with Crippen LogP contribution >= 0.6 is 12.2 Å². The number of nitrogens with one attached hydrogen (secondary N) is 1. The highest BCUT2D eigenvalue weighted by atomic mass is 32.1. The average Bonchev–Trinajstić information content (AvgIpc) is 2.68. The lowest BCUT2D eigenvalue weighted by Gasteiger charge is -2.08. The van der Waals surface area contributed by atoms with E-state index in [1.807, 2.05) is 24.3 Å². The van der Waals surface area contributed by atoms with Crippen LogP contribution in [0.4, 0.5) is 5.69 Å². The van der Waals surface area contributed by atoms with E-state index in [1.165, 1.54) is 5.56 Å². The molecular formula is C23H19NO2S. The summed E-state index contributed by atoms with van der Waals surface area (Å²) in [5, 5.41) is 12.0. The molecule has 0 saturated heterocycles. The zero-order valence-corrected chi connectivity index (χ0v) is 15.7. The van der Waals surface area contributed by atoms with Gasteiger partial charge >= 0.3 is 5.97 Å². The van der Waals surface area contributed by atoms with Gasteiger partial charge in [0, 0.05) is 5.69 Å². The monoisotopic (exact) mass is 373 g/mol. The number of aryl methyl sites for hydroxylation is 1. The topological polar surface area (TPSA) is 49.3 Å². The first kappa shape index (κ1) is 18.5. The number of thiocarbonyl (C=S) groups is 1. The summed E-state index contributed by atoms with van der Waals surface area (Å²) in [6.07, 6.45) is 3.82. The molecule has 27 heavy (non-hydrogen) atoms. The second kappa shape index (κ2) is 8.43. The summed E-state index contributed by atoms with van der Waals surface area (Å²) in [7, 11) is 0. The van der Waals surface area contributed by atoms with Crippen molar-refractivity contribution < 1.29 is 9.90 Å². The van der Waals surface area contributed by atoms with Crippen LogP contribution in [0.1, 0.15) is 21.5 Å². The SMILES string of the molecule is Cc1ccc(-c2ccccc2/C=C/C(=S)Nc2ccc(C(=O)O)cc2)cc1. The van der Waals surface area contributed by atoms with Crippen LogP contribution in [0.2, 0.25) is 0 Å². The highest BCUT2D eigenvalue weighted by Crippen LogP contribution is 2.25. The third kappa shape index (κ3) is 4.90. The maximum Gasteiger partial charge on any atom is 0.335 e. The fourth-order valence-corrected chi connectivity index (χ4v) is 2.87. The molecular weight excluding hydrogens is 354 g/mol. The van der Waals surface area contributed by atoms with Gasteiger partial charge < -0.3 is 10.4 Å². The summed E-state index contributed by atoms with van der Waals surface area (Å²) in [6.45, 7) is 2.07. The molecule has 0 aliphatic heterocycles. The van der Waals surface area contributed by atoms with Gasteiger partial charge in [0.1, 0.15) is 4.99 Å². The molecule has 0 saturated carbocycles. The van der Waals surface area contributed by atoms with Gasteiger partial charge in [0.15, 0.2) is 0 Å². The van der Waals surface area contributed by atoms with Gasteiger partial charge in [0.25, 0.3) is 0 Å². The molecule has 0 heterocycles. The number of carboxylic acids is 1. The molecule has 3 aromatic carbocycles. The van der Waals surface area contributed by atoms with E-state index in [2.05, 4.69) is 48.6 Å². The average molecular weight is 373 g/mol. The molecule has 3 nitrogen and oxygen atoms in total. The number of carbonyl (C=O) groups is 1. The van der Waals surface area contributed by atoms with Gasteiger partial charge in [-0.1, -0.05) is 72.4 Å². The molecule has 0 aliphatic rings. The highest BCUT2D eigenvalue weighted by Gasteiger charge is 2.04. The Bertz CT molecular complexity index is 990. The zero-order chi connectivity index (χ0) is 19.2. The van der Waals surface area contributed by atoms with E-state index in [-0.39, 0.29) is 5.56 Å². The normalized spacial score (nSPS) is 10.7. The van der Waals surface area contributed by atoms with Crippen LogP contribution < -0.4 is 5.32 Å². The molecule has 4 heteroatoms. The van der Waals surface area contributed by atoms with Gasteiger partial charge in [-0.3, -0.25) is 0 Å². The molecule has 0 atom stereocenters. The van der Waals surface area contributed by atoms with Gasteiger partial charge in [-0.15, -0.1) is 0 Å². The second-order valence-corrected chi connectivity index (χ2v) is 6.60. The van der Waals surface area contributed by atoms with Crippen molar-refractivity contribution in [1.29, 1.82) is 0 Å². The minimum Gasteiger partial charge on any atom is -0.478 e. The quantitative estimate of drug-likeness (QED) is 0.437. The molecule has 0 fully saturated rings. The Morgan fingerprint density at radius 2 is 1.63 bits per heavy atom. The van der Waals surface area contributed by atoms with Gasteiger partial charge in [0.2, 0.25) is 0 Å². The summed E-state index contributed by atoms with van der Waals surface area (Å²) in [5.41, 5.74) is 5.60. The van der Waals surface area contributed by atoms with Crippen LogP contribution in [0.15, 0.2) is 78.9 Å². The van der Waals surface area contributed by atoms with Crippen LogP contribution in [0.25, 0.3) is 17.2 Å². The van der Waals surface area contributed by atoms with Crippen molar-refractivity contribution in [1.82, 2.24) is 0 Å². The Hall–Kier alpha value is -3.24. The Morgan fingerprint density at radius 1 is 0.963 bits per heavy atom. The lowest BCUT2D eigenvalue weighted by atomic mass is 9.98. The molecule has 3 rings (SSSR count). The van der Waals surface area contributed by atoms with Gasteiger partial charge in [0.05, 0.1) is 5.56 Å². The van der Waals surface area contributed by atoms with E-state index in [0.717, 1.165) is 22.4 Å². The Morgan fingerprint density at radius 3 is 2.30 bits per heavy atom. The molecule has 0 amide bonds. The molecule has 0 aromatic heterocycles. The lowest BCUT2D eigenvalue weighted by molar-refractivity contribution is 0.0697. The smallest absolute Gasteiger partial charge is 0.335 e. The number of rotatable bonds is 5. The van der Waals surface area contributed by atoms with Crippen molar-refractivity contribution in [3.63, 3.8) is 0 Å². The van der Waals surface area contributed by atoms with Crippen molar-refractivity contribution in [3.8, 4) is 11.1 Å². The highest BCUT2D eigenvalue weighted by molar-refractivity contribution is 7.81. The van der Waals surface area contributed by atoms with Crippen molar-refractivity contribution in [3.05, 3.63) is 95.6 Å². The van der Waals surface area contributed by atoms with E-state index in [4.69, 9.17) is 17.3 Å². The van der Waals surface area contributed by atoms with Crippen LogP contribution in [-0.2, 0) is 0 Å². The predicted octanol–water partition coefficient (Wildman–Crippen LogP) is 5.81. The molecule has 0 aliphatic carbocycles. The standard InChI is InChI=1S/C23H19NO2S/c1-16-6-8-18(9-7-16)21-5-3-2-4-17(21)12-15-22(27)24-20-13-10-19(11-14-20)23(25)26/h2-15H,1H3,(H,24,27)(H,25,26)/b15-12+. The molecule has 0 unspecified atom stereocenters. The second-order valence-electron chi connectivity index (χ2n) is 6.16. The Kier molecular flexibility index (Phi) is 5.79. The summed E-state index contributed by atoms with van der Waals surface area (Å²) >= 11 is 5.38. The molecule has 134 valence electrons. The van der Waals surface area contributed by atoms with Crippen molar-refractivity contribution in [2.45, 2.75) is 6.92 Å². The molecule has 0 spiro atoms. The van der Waals surface area contributed by atoms with E-state index in [9.17, 15) is 4.79 Å². The molecule has 0 bridgehead atoms. The summed E-state index contributed by atoms with van der Waals surface area (Å²) < 4.78 is 0. The third-order valence-electron chi connectivity index (χ3n) is 4.14. The first-order chi connectivity index (χ1) is 13.0. The number of hydrogen-bond donors (Lipinski definition) is 2. The first-order valence-electron chi connectivity index (χ1n) is 8.51. The van der Waals surface area contributed by atoms with Gasteiger partial charge in [-0.2, -0.15) is 0 Å². The largest absolute Gasteiger partial charge is 0.478 e. The number of hydrogen-bond acceptors (Lipinski definition) is 2. The van der Waals surface area contributed by atoms with Crippen molar-refractivity contribution in [2.24, 2.45) is 0 Å². The van der Waals surface area contributed by atoms with E-state index in [1.54, 1.807) is 24.3 Å². The fraction of sp³-hybridized carbons (Fsp3) is 0.0435. The minimum absolute atomic E-state index is 0.244. The van der Waals surface area contributed by atoms with E-state index < -0.39 is 5.97 Å². The van der Waals surface area contributed by atoms with Crippen LogP contribution in [-0.4, -0.2) is 16.1 Å². The molecule has 3 aromatic rings. The van der Waals surface area contributed by atoms with Crippen molar-refractivity contribution in [2.75, 3.05) is 5.32 Å². The number of benzene rings is 3. The summed E-state index contributed by atoms with van der Waals surface area (Å²) in [5.74, 6) is -0.947. The van der Waals surface area contributed by atoms with Gasteiger partial charge in [-0.25, -0.2) is 4.79 Å². The third-order valence-corrected chi connectivity index (χ3v) is 4.38. The molecule has 2 N–H and O–H groups in total. The fourth-order valence-electron chi connectivity index (χ4n) is 2.68. The van der Waals surface area contributed by atoms with E-state index in [0.29, 0.717) is 4.99 Å². The minimum atomic E-state index is -0.947. The summed E-state index contributed by atoms with van der Waals surface area (Å²) in [4.78, 5) is 11.5. The Labute approximate surface area is 164 Å². The number of carboxylic acid groups (broad SMARTS) is 1. The maximum absolute atomic E-state index is 10.9. The summed E-state index contributed by atoms with van der Waals surface area (Å²) in [6, 6.07) is 23.1.